The van der Waals surface area contributed by atoms with Crippen LogP contribution in [0.1, 0.15) is 0 Å². The molecule has 1 heterocycles. The highest BCUT2D eigenvalue weighted by atomic mass is 32.2. The standard InChI is InChI=1S/C23H15F3N2O3S/c1-32(30,31)21-11-4-15(12-20(21)26)19-13-27-28(18-9-7-17(25)8-10-18)23(29)22(19)14-2-5-16(24)6-3-14/h2-13H,1H3. The molecular formula is C23H15F3N2O3S. The lowest BCUT2D eigenvalue weighted by atomic mass is 9.97. The fourth-order valence-corrected chi connectivity index (χ4v) is 4.03. The first-order chi connectivity index (χ1) is 15.1. The Bertz CT molecular complexity index is 1480. The van der Waals surface area contributed by atoms with Crippen LogP contribution in [0, 0.1) is 17.5 Å². The summed E-state index contributed by atoms with van der Waals surface area (Å²) in [4.78, 5) is 12.9. The molecule has 162 valence electrons. The van der Waals surface area contributed by atoms with Crippen molar-refractivity contribution in [2.24, 2.45) is 0 Å². The van der Waals surface area contributed by atoms with Crippen molar-refractivity contribution in [2.45, 2.75) is 4.90 Å². The van der Waals surface area contributed by atoms with Gasteiger partial charge in [-0.3, -0.25) is 4.79 Å². The Labute approximate surface area is 181 Å². The second-order valence-electron chi connectivity index (χ2n) is 7.05. The first kappa shape index (κ1) is 21.5. The Kier molecular flexibility index (Phi) is 5.43. The summed E-state index contributed by atoms with van der Waals surface area (Å²) >= 11 is 0. The highest BCUT2D eigenvalue weighted by Crippen LogP contribution is 2.31. The van der Waals surface area contributed by atoms with Crippen LogP contribution in [-0.2, 0) is 9.84 Å². The van der Waals surface area contributed by atoms with Crippen LogP contribution in [0.4, 0.5) is 13.2 Å². The molecule has 0 aliphatic rings. The lowest BCUT2D eigenvalue weighted by Crippen LogP contribution is -2.23. The summed E-state index contributed by atoms with van der Waals surface area (Å²) in [5, 5.41) is 4.13. The molecule has 0 spiro atoms. The number of halogens is 3. The summed E-state index contributed by atoms with van der Waals surface area (Å²) in [7, 11) is -3.78. The third kappa shape index (κ3) is 4.06. The van der Waals surface area contributed by atoms with Crippen LogP contribution in [0.2, 0.25) is 0 Å². The average molecular weight is 456 g/mol. The van der Waals surface area contributed by atoms with Crippen LogP contribution in [0.3, 0.4) is 0 Å². The van der Waals surface area contributed by atoms with Crippen LogP contribution in [-0.4, -0.2) is 24.5 Å². The fourth-order valence-electron chi connectivity index (χ4n) is 3.30. The van der Waals surface area contributed by atoms with Crippen LogP contribution in [0.25, 0.3) is 27.9 Å². The van der Waals surface area contributed by atoms with E-state index in [2.05, 4.69) is 5.10 Å². The van der Waals surface area contributed by atoms with Crippen LogP contribution in [0.15, 0.2) is 82.6 Å². The van der Waals surface area contributed by atoms with E-state index in [0.717, 1.165) is 23.1 Å². The molecule has 0 amide bonds. The Morgan fingerprint density at radius 3 is 1.94 bits per heavy atom. The Morgan fingerprint density at radius 2 is 1.38 bits per heavy atom. The second kappa shape index (κ2) is 8.08. The molecule has 0 unspecified atom stereocenters. The summed E-state index contributed by atoms with van der Waals surface area (Å²) < 4.78 is 65.8. The highest BCUT2D eigenvalue weighted by molar-refractivity contribution is 7.90. The van der Waals surface area contributed by atoms with E-state index in [-0.39, 0.29) is 16.7 Å². The first-order valence-corrected chi connectivity index (χ1v) is 11.2. The lowest BCUT2D eigenvalue weighted by molar-refractivity contribution is 0.571. The largest absolute Gasteiger partial charge is 0.279 e. The number of hydrogen-bond donors (Lipinski definition) is 0. The molecule has 5 nitrogen and oxygen atoms in total. The zero-order valence-corrected chi connectivity index (χ0v) is 17.4. The van der Waals surface area contributed by atoms with Gasteiger partial charge in [-0.25, -0.2) is 21.6 Å². The second-order valence-corrected chi connectivity index (χ2v) is 9.04. The van der Waals surface area contributed by atoms with Gasteiger partial charge in [-0.1, -0.05) is 18.2 Å². The van der Waals surface area contributed by atoms with Crippen molar-refractivity contribution in [2.75, 3.05) is 6.26 Å². The predicted molar refractivity (Wildman–Crippen MR) is 114 cm³/mol. The number of sulfone groups is 1. The molecule has 1 aromatic heterocycles. The van der Waals surface area contributed by atoms with E-state index in [1.807, 2.05) is 0 Å². The van der Waals surface area contributed by atoms with Gasteiger partial charge in [0.2, 0.25) is 0 Å². The topological polar surface area (TPSA) is 69.0 Å². The molecule has 32 heavy (non-hydrogen) atoms. The monoisotopic (exact) mass is 456 g/mol. The minimum absolute atomic E-state index is 0.0934. The molecule has 0 saturated carbocycles. The van der Waals surface area contributed by atoms with Gasteiger partial charge in [-0.15, -0.1) is 0 Å². The summed E-state index contributed by atoms with van der Waals surface area (Å²) in [6.07, 6.45) is 2.21. The van der Waals surface area contributed by atoms with Crippen molar-refractivity contribution in [3.05, 3.63) is 101 Å². The van der Waals surface area contributed by atoms with Crippen LogP contribution >= 0.6 is 0 Å². The molecule has 0 saturated heterocycles. The number of hydrogen-bond acceptors (Lipinski definition) is 4. The van der Waals surface area contributed by atoms with E-state index in [9.17, 15) is 26.4 Å². The van der Waals surface area contributed by atoms with Gasteiger partial charge in [0, 0.05) is 11.8 Å². The number of benzene rings is 3. The maximum Gasteiger partial charge on any atom is 0.279 e. The van der Waals surface area contributed by atoms with E-state index < -0.39 is 37.7 Å². The van der Waals surface area contributed by atoms with E-state index in [0.29, 0.717) is 11.3 Å². The minimum atomic E-state index is -3.78. The van der Waals surface area contributed by atoms with Crippen LogP contribution in [0.5, 0.6) is 0 Å². The summed E-state index contributed by atoms with van der Waals surface area (Å²) in [6.45, 7) is 0. The first-order valence-electron chi connectivity index (χ1n) is 9.29. The Balaban J connectivity index is 1.98. The fraction of sp³-hybridized carbons (Fsp3) is 0.0435. The lowest BCUT2D eigenvalue weighted by Gasteiger charge is -2.13. The van der Waals surface area contributed by atoms with Gasteiger partial charge in [0.25, 0.3) is 5.56 Å². The molecule has 0 fully saturated rings. The third-order valence-electron chi connectivity index (χ3n) is 4.82. The average Bonchev–Trinajstić information content (AvgIpc) is 2.74. The number of aromatic nitrogens is 2. The van der Waals surface area contributed by atoms with E-state index in [4.69, 9.17) is 0 Å². The molecule has 0 bridgehead atoms. The van der Waals surface area contributed by atoms with Gasteiger partial charge in [0.1, 0.15) is 22.3 Å². The summed E-state index contributed by atoms with van der Waals surface area (Å²) in [5.41, 5.74) is 0.565. The van der Waals surface area contributed by atoms with Gasteiger partial charge >= 0.3 is 0 Å². The molecule has 0 aliphatic carbocycles. The Morgan fingerprint density at radius 1 is 0.812 bits per heavy atom. The zero-order chi connectivity index (χ0) is 23.0. The molecule has 4 aromatic rings. The molecule has 0 radical (unpaired) electrons. The number of rotatable bonds is 4. The van der Waals surface area contributed by atoms with Gasteiger partial charge in [0.05, 0.1) is 17.4 Å². The van der Waals surface area contributed by atoms with Gasteiger partial charge in [-0.05, 0) is 59.7 Å². The SMILES string of the molecule is CS(=O)(=O)c1ccc(-c2cnn(-c3ccc(F)cc3)c(=O)c2-c2ccc(F)cc2)cc1F. The highest BCUT2D eigenvalue weighted by Gasteiger charge is 2.19. The molecule has 0 atom stereocenters. The van der Waals surface area contributed by atoms with Crippen LogP contribution < -0.4 is 5.56 Å². The van der Waals surface area contributed by atoms with Crippen molar-refractivity contribution >= 4 is 9.84 Å². The van der Waals surface area contributed by atoms with Gasteiger partial charge in [0.15, 0.2) is 9.84 Å². The third-order valence-corrected chi connectivity index (χ3v) is 5.95. The maximum atomic E-state index is 14.5. The van der Waals surface area contributed by atoms with Gasteiger partial charge < -0.3 is 0 Å². The summed E-state index contributed by atoms with van der Waals surface area (Å²) in [6, 6.07) is 13.7. The van der Waals surface area contributed by atoms with E-state index in [1.54, 1.807) is 0 Å². The quantitative estimate of drug-likeness (QED) is 0.457. The molecule has 3 aromatic carbocycles. The van der Waals surface area contributed by atoms with Gasteiger partial charge in [-0.2, -0.15) is 9.78 Å². The van der Waals surface area contributed by atoms with Crippen molar-refractivity contribution in [3.8, 4) is 27.9 Å². The van der Waals surface area contributed by atoms with E-state index >= 15 is 0 Å². The van der Waals surface area contributed by atoms with Crippen molar-refractivity contribution < 1.29 is 21.6 Å². The normalized spacial score (nSPS) is 11.5. The van der Waals surface area contributed by atoms with Crippen molar-refractivity contribution in [1.29, 1.82) is 0 Å². The molecule has 0 aliphatic heterocycles. The van der Waals surface area contributed by atoms with Crippen molar-refractivity contribution in [1.82, 2.24) is 9.78 Å². The number of nitrogens with zero attached hydrogens (tertiary/aromatic N) is 2. The predicted octanol–water partition coefficient (Wildman–Crippen LogP) is 4.39. The Hall–Kier alpha value is -3.72. The van der Waals surface area contributed by atoms with Crippen molar-refractivity contribution in [3.63, 3.8) is 0 Å². The smallest absolute Gasteiger partial charge is 0.267 e. The molecule has 0 N–H and O–H groups in total. The minimum Gasteiger partial charge on any atom is -0.267 e. The molecule has 4 rings (SSSR count). The summed E-state index contributed by atoms with van der Waals surface area (Å²) in [5.74, 6) is -1.97. The van der Waals surface area contributed by atoms with E-state index in [1.165, 1.54) is 60.8 Å². The molecule has 9 heteroatoms. The maximum absolute atomic E-state index is 14.5. The zero-order valence-electron chi connectivity index (χ0n) is 16.6. The molecular weight excluding hydrogens is 441 g/mol.